The van der Waals surface area contributed by atoms with Crippen LogP contribution >= 0.6 is 0 Å². The number of phenolic OH excluding ortho intramolecular Hbond substituents is 1. The third-order valence-corrected chi connectivity index (χ3v) is 8.76. The van der Waals surface area contributed by atoms with Gasteiger partial charge < -0.3 is 49.4 Å². The molecule has 0 aromatic heterocycles. The van der Waals surface area contributed by atoms with E-state index < -0.39 is 78.1 Å². The summed E-state index contributed by atoms with van der Waals surface area (Å²) < 4.78 is 21.4. The summed E-state index contributed by atoms with van der Waals surface area (Å²) in [6, 6.07) is 2.99. The Morgan fingerprint density at radius 3 is 2.49 bits per heavy atom. The van der Waals surface area contributed by atoms with Crippen molar-refractivity contribution in [3.63, 3.8) is 0 Å². The van der Waals surface area contributed by atoms with Gasteiger partial charge in [-0.25, -0.2) is 14.4 Å². The molecule has 232 valence electrons. The van der Waals surface area contributed by atoms with Gasteiger partial charge in [0.15, 0.2) is 29.8 Å². The quantitative estimate of drug-likeness (QED) is 0.165. The van der Waals surface area contributed by atoms with Crippen LogP contribution in [-0.2, 0) is 50.0 Å². The Kier molecular flexibility index (Phi) is 7.61. The van der Waals surface area contributed by atoms with Crippen LogP contribution in [0.4, 0.5) is 0 Å². The largest absolute Gasteiger partial charge is 0.504 e. The highest BCUT2D eigenvalue weighted by atomic mass is 16.6. The Bertz CT molecular complexity index is 1420. The lowest BCUT2D eigenvalue weighted by molar-refractivity contribution is -0.180. The van der Waals surface area contributed by atoms with Gasteiger partial charge in [-0.2, -0.15) is 0 Å². The van der Waals surface area contributed by atoms with E-state index in [1.807, 2.05) is 7.05 Å². The number of rotatable bonds is 10. The number of carboxylic acid groups (broad SMARTS) is 2. The fourth-order valence-electron chi connectivity index (χ4n) is 6.69. The van der Waals surface area contributed by atoms with E-state index in [2.05, 4.69) is 4.90 Å². The number of aliphatic carboxylic acids is 2. The molecule has 1 fully saturated rings. The maximum absolute atomic E-state index is 13.2. The van der Waals surface area contributed by atoms with Crippen molar-refractivity contribution in [1.82, 2.24) is 4.90 Å². The SMILES string of the molecule is C[C@H](OC(=O)[C@H](CC(=O)OC1=CC[C@@]2(O)[C@H]3Cc4ccc(O)c5c4[C@@]2(CCN3C)[C@H]1O5)OC(=O)C[C@H](O)C(=O)O)C(=O)O. The summed E-state index contributed by atoms with van der Waals surface area (Å²) in [6.45, 7) is 1.60. The number of nitrogens with zero attached hydrogens (tertiary/aromatic N) is 1. The van der Waals surface area contributed by atoms with Crippen molar-refractivity contribution in [2.24, 2.45) is 0 Å². The second-order valence-corrected chi connectivity index (χ2v) is 11.2. The number of aliphatic hydroxyl groups is 2. The van der Waals surface area contributed by atoms with Gasteiger partial charge in [-0.3, -0.25) is 9.59 Å². The van der Waals surface area contributed by atoms with Gasteiger partial charge in [0.25, 0.3) is 0 Å². The number of hydrogen-bond acceptors (Lipinski definition) is 13. The molecule has 5 N–H and O–H groups in total. The van der Waals surface area contributed by atoms with Gasteiger partial charge >= 0.3 is 29.8 Å². The zero-order valence-electron chi connectivity index (χ0n) is 23.2. The zero-order valence-corrected chi connectivity index (χ0v) is 23.2. The zero-order chi connectivity index (χ0) is 31.4. The summed E-state index contributed by atoms with van der Waals surface area (Å²) in [7, 11) is 1.91. The molecule has 2 aliphatic carbocycles. The van der Waals surface area contributed by atoms with Crippen molar-refractivity contribution in [2.75, 3.05) is 13.6 Å². The highest BCUT2D eigenvalue weighted by Gasteiger charge is 2.72. The van der Waals surface area contributed by atoms with Crippen LogP contribution in [0.15, 0.2) is 24.0 Å². The molecule has 0 radical (unpaired) electrons. The summed E-state index contributed by atoms with van der Waals surface area (Å²) >= 11 is 0. The molecule has 2 bridgehead atoms. The molecular weight excluding hydrogens is 574 g/mol. The lowest BCUT2D eigenvalue weighted by Crippen LogP contribution is -2.74. The predicted octanol–water partition coefficient (Wildman–Crippen LogP) is -0.633. The fraction of sp³-hybridized carbons (Fsp3) is 0.536. The number of benzene rings is 1. The molecule has 1 aromatic rings. The molecule has 43 heavy (non-hydrogen) atoms. The van der Waals surface area contributed by atoms with Crippen LogP contribution in [0.3, 0.4) is 0 Å². The monoisotopic (exact) mass is 605 g/mol. The number of carbonyl (C=O) groups is 5. The number of phenols is 1. The standard InChI is InChI=1S/C28H31NO14/c1-12(24(34)35)40-26(38)17(42-19(32)10-15(31)25(36)37)11-20(33)41-16-5-6-28(39)18-9-13-3-4-14(30)22-21(13)27(28,23(16)43-22)7-8-29(18)2/h3-5,12,15,17-18,23,30-31,39H,6-11H2,1-2H3,(H,34,35)(H,36,37)/t12-,15-,17-,18+,23-,27-,28+/m0/s1. The smallest absolute Gasteiger partial charge is 0.348 e. The highest BCUT2D eigenvalue weighted by Crippen LogP contribution is 2.65. The Balaban J connectivity index is 1.40. The first-order chi connectivity index (χ1) is 20.2. The van der Waals surface area contributed by atoms with Crippen molar-refractivity contribution in [3.8, 4) is 11.5 Å². The number of carboxylic acids is 2. The Morgan fingerprint density at radius 2 is 1.81 bits per heavy atom. The van der Waals surface area contributed by atoms with E-state index in [1.165, 1.54) is 12.1 Å². The van der Waals surface area contributed by atoms with E-state index in [-0.39, 0.29) is 29.7 Å². The van der Waals surface area contributed by atoms with Crippen LogP contribution in [0.2, 0.25) is 0 Å². The molecule has 7 atom stereocenters. The van der Waals surface area contributed by atoms with Crippen LogP contribution in [-0.4, -0.2) is 110 Å². The number of esters is 3. The summed E-state index contributed by atoms with van der Waals surface area (Å²) in [4.78, 5) is 62.1. The van der Waals surface area contributed by atoms with Crippen molar-refractivity contribution < 1.29 is 68.5 Å². The van der Waals surface area contributed by atoms with Gasteiger partial charge in [-0.05, 0) is 51.1 Å². The van der Waals surface area contributed by atoms with Crippen molar-refractivity contribution in [1.29, 1.82) is 0 Å². The lowest BCUT2D eigenvalue weighted by atomic mass is 9.50. The minimum Gasteiger partial charge on any atom is -0.504 e. The molecule has 5 rings (SSSR count). The molecule has 0 saturated carbocycles. The summed E-state index contributed by atoms with van der Waals surface area (Å²) in [5, 5.41) is 50.2. The van der Waals surface area contributed by atoms with Crippen molar-refractivity contribution >= 4 is 29.8 Å². The molecule has 0 amide bonds. The number of carbonyl (C=O) groups excluding carboxylic acids is 3. The van der Waals surface area contributed by atoms with Gasteiger partial charge in [-0.15, -0.1) is 0 Å². The first-order valence-corrected chi connectivity index (χ1v) is 13.6. The molecule has 1 saturated heterocycles. The van der Waals surface area contributed by atoms with Crippen LogP contribution in [0, 0.1) is 0 Å². The van der Waals surface area contributed by atoms with Crippen molar-refractivity contribution in [2.45, 2.75) is 80.5 Å². The average molecular weight is 606 g/mol. The minimum absolute atomic E-state index is 0.0000698. The van der Waals surface area contributed by atoms with Crippen LogP contribution in [0.25, 0.3) is 0 Å². The van der Waals surface area contributed by atoms with E-state index in [0.717, 1.165) is 12.5 Å². The normalized spacial score (nSPS) is 28.7. The summed E-state index contributed by atoms with van der Waals surface area (Å²) in [6.07, 6.45) is -6.44. The van der Waals surface area contributed by atoms with Gasteiger partial charge in [0.2, 0.25) is 6.10 Å². The maximum Gasteiger partial charge on any atom is 0.348 e. The second kappa shape index (κ2) is 10.8. The Morgan fingerprint density at radius 1 is 1.09 bits per heavy atom. The van der Waals surface area contributed by atoms with E-state index in [9.17, 15) is 39.3 Å². The number of piperidine rings is 1. The van der Waals surface area contributed by atoms with E-state index >= 15 is 0 Å². The molecular formula is C28H31NO14. The summed E-state index contributed by atoms with van der Waals surface area (Å²) in [5.74, 6) is -7.11. The van der Waals surface area contributed by atoms with Crippen LogP contribution < -0.4 is 4.74 Å². The fourth-order valence-corrected chi connectivity index (χ4v) is 6.69. The predicted molar refractivity (Wildman–Crippen MR) is 139 cm³/mol. The number of aromatic hydroxyl groups is 1. The molecule has 1 spiro atoms. The summed E-state index contributed by atoms with van der Waals surface area (Å²) in [5.41, 5.74) is -0.854. The van der Waals surface area contributed by atoms with E-state index in [4.69, 9.17) is 29.2 Å². The molecule has 15 nitrogen and oxygen atoms in total. The van der Waals surface area contributed by atoms with Crippen molar-refractivity contribution in [3.05, 3.63) is 35.1 Å². The minimum atomic E-state index is -2.16. The number of aliphatic hydroxyl groups excluding tert-OH is 1. The molecule has 2 aliphatic heterocycles. The highest BCUT2D eigenvalue weighted by molar-refractivity contribution is 5.87. The van der Waals surface area contributed by atoms with Crippen LogP contribution in [0.1, 0.15) is 43.7 Å². The van der Waals surface area contributed by atoms with Gasteiger partial charge in [0.05, 0.1) is 23.9 Å². The molecule has 4 aliphatic rings. The Hall–Kier alpha value is -4.21. The van der Waals surface area contributed by atoms with Gasteiger partial charge in [-0.1, -0.05) is 6.07 Å². The Labute approximate surface area is 244 Å². The van der Waals surface area contributed by atoms with Gasteiger partial charge in [0, 0.05) is 18.0 Å². The molecule has 2 heterocycles. The second-order valence-electron chi connectivity index (χ2n) is 11.2. The average Bonchev–Trinajstić information content (AvgIpc) is 3.29. The third kappa shape index (κ3) is 4.86. The number of likely N-dealkylation sites (tertiary alicyclic amines) is 1. The number of hydrogen-bond donors (Lipinski definition) is 5. The van der Waals surface area contributed by atoms with Gasteiger partial charge in [0.1, 0.15) is 5.76 Å². The van der Waals surface area contributed by atoms with Crippen LogP contribution in [0.5, 0.6) is 11.5 Å². The third-order valence-electron chi connectivity index (χ3n) is 8.76. The first-order valence-electron chi connectivity index (χ1n) is 13.6. The lowest BCUT2D eigenvalue weighted by Gasteiger charge is -2.61. The molecule has 1 aromatic carbocycles. The van der Waals surface area contributed by atoms with E-state index in [0.29, 0.717) is 24.9 Å². The topological polar surface area (TPSA) is 227 Å². The molecule has 0 unspecified atom stereocenters. The number of ether oxygens (including phenoxy) is 4. The first kappa shape index (κ1) is 30.3. The van der Waals surface area contributed by atoms with E-state index in [1.54, 1.807) is 6.07 Å². The number of likely N-dealkylation sites (N-methyl/N-ethyl adjacent to an activating group) is 1. The maximum atomic E-state index is 13.2. The molecule has 15 heteroatoms.